The molecule has 0 radical (unpaired) electrons. The first kappa shape index (κ1) is 16.8. The number of nitrogens with zero attached hydrogens (tertiary/aromatic N) is 1. The van der Waals surface area contributed by atoms with Gasteiger partial charge in [-0.2, -0.15) is 0 Å². The van der Waals surface area contributed by atoms with Crippen LogP contribution in [0.1, 0.15) is 18.4 Å². The Hall–Kier alpha value is -1.57. The quantitative estimate of drug-likeness (QED) is 0.616. The topological polar surface area (TPSA) is 29.5 Å². The van der Waals surface area contributed by atoms with Crippen LogP contribution in [0.5, 0.6) is 0 Å². The maximum atomic E-state index is 13.8. The van der Waals surface area contributed by atoms with Gasteiger partial charge in [-0.05, 0) is 30.9 Å². The molecule has 1 aromatic carbocycles. The molecule has 1 heterocycles. The van der Waals surface area contributed by atoms with Crippen LogP contribution in [0.3, 0.4) is 0 Å². The molecule has 0 aromatic heterocycles. The summed E-state index contributed by atoms with van der Waals surface area (Å²) in [7, 11) is 0. The van der Waals surface area contributed by atoms with E-state index in [-0.39, 0.29) is 30.4 Å². The standard InChI is InChI=1S/C17H19ClFNO2/c1-2-9-22-12-13-5-4-8-20(11-13)17(21)10-14-15(18)6-3-7-16(14)19/h1,3,6-7,13H,4-5,8-12H2. The lowest BCUT2D eigenvalue weighted by Crippen LogP contribution is -2.42. The second-order valence-electron chi connectivity index (χ2n) is 5.44. The molecule has 22 heavy (non-hydrogen) atoms. The Balaban J connectivity index is 1.93. The monoisotopic (exact) mass is 323 g/mol. The van der Waals surface area contributed by atoms with Crippen LogP contribution in [0.15, 0.2) is 18.2 Å². The van der Waals surface area contributed by atoms with E-state index in [1.165, 1.54) is 12.1 Å². The van der Waals surface area contributed by atoms with Crippen molar-refractivity contribution in [3.63, 3.8) is 0 Å². The fourth-order valence-electron chi connectivity index (χ4n) is 2.68. The molecule has 1 aromatic rings. The van der Waals surface area contributed by atoms with Crippen LogP contribution in [0.25, 0.3) is 0 Å². The van der Waals surface area contributed by atoms with Crippen LogP contribution in [0, 0.1) is 24.1 Å². The SMILES string of the molecule is C#CCOCC1CCCN(C(=O)Cc2c(F)cccc2Cl)C1. The Morgan fingerprint density at radius 2 is 2.36 bits per heavy atom. The van der Waals surface area contributed by atoms with Crippen molar-refractivity contribution in [1.29, 1.82) is 0 Å². The predicted octanol–water partition coefficient (Wildman–Crippen LogP) is 2.91. The molecular weight excluding hydrogens is 305 g/mol. The van der Waals surface area contributed by atoms with Gasteiger partial charge in [0.2, 0.25) is 5.91 Å². The molecule has 2 rings (SSSR count). The van der Waals surface area contributed by atoms with E-state index < -0.39 is 5.82 Å². The highest BCUT2D eigenvalue weighted by Crippen LogP contribution is 2.22. The van der Waals surface area contributed by atoms with Crippen LogP contribution in [0.4, 0.5) is 4.39 Å². The van der Waals surface area contributed by atoms with Crippen molar-refractivity contribution in [2.45, 2.75) is 19.3 Å². The number of carbonyl (C=O) groups is 1. The zero-order valence-corrected chi connectivity index (χ0v) is 13.1. The second kappa shape index (κ2) is 8.17. The van der Waals surface area contributed by atoms with Crippen LogP contribution >= 0.6 is 11.6 Å². The molecule has 1 aliphatic heterocycles. The fraction of sp³-hybridized carbons (Fsp3) is 0.471. The molecule has 118 valence electrons. The van der Waals surface area contributed by atoms with E-state index in [2.05, 4.69) is 5.92 Å². The molecular formula is C17H19ClFNO2. The van der Waals surface area contributed by atoms with Gasteiger partial charge >= 0.3 is 0 Å². The summed E-state index contributed by atoms with van der Waals surface area (Å²) in [5.41, 5.74) is 0.264. The van der Waals surface area contributed by atoms with Crippen molar-refractivity contribution < 1.29 is 13.9 Å². The number of amides is 1. The third kappa shape index (κ3) is 4.46. The van der Waals surface area contributed by atoms with Gasteiger partial charge in [-0.15, -0.1) is 6.42 Å². The molecule has 5 heteroatoms. The number of piperidine rings is 1. The zero-order valence-electron chi connectivity index (χ0n) is 12.4. The average Bonchev–Trinajstić information content (AvgIpc) is 2.51. The Bertz CT molecular complexity index is 550. The van der Waals surface area contributed by atoms with Crippen molar-refractivity contribution in [1.82, 2.24) is 4.90 Å². The third-order valence-corrected chi connectivity index (χ3v) is 4.15. The minimum Gasteiger partial charge on any atom is -0.368 e. The minimum absolute atomic E-state index is 0.0105. The molecule has 1 atom stereocenters. The van der Waals surface area contributed by atoms with Gasteiger partial charge in [0.15, 0.2) is 0 Å². The molecule has 0 aliphatic carbocycles. The van der Waals surface area contributed by atoms with Gasteiger partial charge < -0.3 is 9.64 Å². The molecule has 1 aliphatic rings. The van der Waals surface area contributed by atoms with Gasteiger partial charge in [-0.1, -0.05) is 23.6 Å². The number of terminal acetylenes is 1. The summed E-state index contributed by atoms with van der Waals surface area (Å²) < 4.78 is 19.1. The van der Waals surface area contributed by atoms with Crippen LogP contribution < -0.4 is 0 Å². The highest BCUT2D eigenvalue weighted by molar-refractivity contribution is 6.31. The summed E-state index contributed by atoms with van der Waals surface area (Å²) in [5.74, 6) is 2.17. The van der Waals surface area contributed by atoms with Crippen molar-refractivity contribution in [2.75, 3.05) is 26.3 Å². The van der Waals surface area contributed by atoms with Gasteiger partial charge in [-0.25, -0.2) is 4.39 Å². The molecule has 1 fully saturated rings. The Morgan fingerprint density at radius 3 is 3.09 bits per heavy atom. The van der Waals surface area contributed by atoms with Gasteiger partial charge in [0.1, 0.15) is 12.4 Å². The molecule has 1 unspecified atom stereocenters. The third-order valence-electron chi connectivity index (χ3n) is 3.80. The van der Waals surface area contributed by atoms with E-state index in [1.54, 1.807) is 11.0 Å². The summed E-state index contributed by atoms with van der Waals surface area (Å²) >= 11 is 5.98. The van der Waals surface area contributed by atoms with Crippen LogP contribution in [-0.4, -0.2) is 37.1 Å². The number of ether oxygens (including phenoxy) is 1. The molecule has 0 bridgehead atoms. The average molecular weight is 324 g/mol. The minimum atomic E-state index is -0.438. The maximum absolute atomic E-state index is 13.8. The smallest absolute Gasteiger partial charge is 0.227 e. The lowest BCUT2D eigenvalue weighted by molar-refractivity contribution is -0.132. The van der Waals surface area contributed by atoms with Crippen molar-refractivity contribution in [3.8, 4) is 12.3 Å². The first-order chi connectivity index (χ1) is 10.6. The van der Waals surface area contributed by atoms with Crippen molar-refractivity contribution in [2.24, 2.45) is 5.92 Å². The van der Waals surface area contributed by atoms with Crippen molar-refractivity contribution in [3.05, 3.63) is 34.6 Å². The Kier molecular flexibility index (Phi) is 6.23. The van der Waals surface area contributed by atoms with Gasteiger partial charge in [0, 0.05) is 23.7 Å². The highest BCUT2D eigenvalue weighted by Gasteiger charge is 2.25. The Labute approximate surface area is 135 Å². The number of halogens is 2. The lowest BCUT2D eigenvalue weighted by atomic mass is 9.98. The Morgan fingerprint density at radius 1 is 1.55 bits per heavy atom. The van der Waals surface area contributed by atoms with E-state index in [4.69, 9.17) is 22.8 Å². The number of hydrogen-bond acceptors (Lipinski definition) is 2. The first-order valence-electron chi connectivity index (χ1n) is 7.33. The van der Waals surface area contributed by atoms with E-state index in [0.717, 1.165) is 12.8 Å². The largest absolute Gasteiger partial charge is 0.368 e. The van der Waals surface area contributed by atoms with E-state index in [9.17, 15) is 9.18 Å². The number of carbonyl (C=O) groups excluding carboxylic acids is 1. The number of hydrogen-bond donors (Lipinski definition) is 0. The van der Waals surface area contributed by atoms with Gasteiger partial charge in [0.25, 0.3) is 0 Å². The maximum Gasteiger partial charge on any atom is 0.227 e. The first-order valence-corrected chi connectivity index (χ1v) is 7.71. The normalized spacial score (nSPS) is 18.0. The van der Waals surface area contributed by atoms with E-state index in [1.807, 2.05) is 0 Å². The summed E-state index contributed by atoms with van der Waals surface area (Å²) in [5, 5.41) is 0.291. The van der Waals surface area contributed by atoms with Crippen LogP contribution in [0.2, 0.25) is 5.02 Å². The van der Waals surface area contributed by atoms with E-state index >= 15 is 0 Å². The van der Waals surface area contributed by atoms with E-state index in [0.29, 0.717) is 24.7 Å². The predicted molar refractivity (Wildman–Crippen MR) is 84.1 cm³/mol. The number of benzene rings is 1. The molecule has 1 amide bonds. The number of likely N-dealkylation sites (tertiary alicyclic amines) is 1. The fourth-order valence-corrected chi connectivity index (χ4v) is 2.91. The summed E-state index contributed by atoms with van der Waals surface area (Å²) in [6, 6.07) is 4.45. The molecule has 0 N–H and O–H groups in total. The second-order valence-corrected chi connectivity index (χ2v) is 5.85. The van der Waals surface area contributed by atoms with Crippen molar-refractivity contribution >= 4 is 17.5 Å². The molecule has 0 saturated carbocycles. The summed E-state index contributed by atoms with van der Waals surface area (Å²) in [4.78, 5) is 14.1. The summed E-state index contributed by atoms with van der Waals surface area (Å²) in [6.45, 7) is 2.15. The highest BCUT2D eigenvalue weighted by atomic mass is 35.5. The molecule has 3 nitrogen and oxygen atoms in total. The van der Waals surface area contributed by atoms with Gasteiger partial charge in [-0.3, -0.25) is 4.79 Å². The zero-order chi connectivity index (χ0) is 15.9. The van der Waals surface area contributed by atoms with Crippen LogP contribution in [-0.2, 0) is 16.0 Å². The number of rotatable bonds is 5. The lowest BCUT2D eigenvalue weighted by Gasteiger charge is -2.32. The molecule has 0 spiro atoms. The molecule has 1 saturated heterocycles. The summed E-state index contributed by atoms with van der Waals surface area (Å²) in [6.07, 6.45) is 7.06. The van der Waals surface area contributed by atoms with Gasteiger partial charge in [0.05, 0.1) is 13.0 Å².